The van der Waals surface area contributed by atoms with Crippen molar-refractivity contribution in [2.75, 3.05) is 12.4 Å². The van der Waals surface area contributed by atoms with Gasteiger partial charge >= 0.3 is 11.9 Å². The van der Waals surface area contributed by atoms with Crippen LogP contribution in [0.3, 0.4) is 0 Å². The lowest BCUT2D eigenvalue weighted by Gasteiger charge is -2.28. The molecule has 1 aliphatic heterocycles. The van der Waals surface area contributed by atoms with Gasteiger partial charge in [-0.1, -0.05) is 59.9 Å². The predicted octanol–water partition coefficient (Wildman–Crippen LogP) is 1.32. The van der Waals surface area contributed by atoms with Crippen molar-refractivity contribution in [3.8, 4) is 11.4 Å². The number of carbonyl (C=O) groups excluding carboxylic acids is 3. The van der Waals surface area contributed by atoms with Crippen LogP contribution in [-0.2, 0) is 23.9 Å². The number of cyclic esters (lactones) is 1. The summed E-state index contributed by atoms with van der Waals surface area (Å²) in [5, 5.41) is 22.6. The number of rotatable bonds is 9. The van der Waals surface area contributed by atoms with Gasteiger partial charge in [-0.25, -0.2) is 9.59 Å². The average molecular weight is 539 g/mol. The number of hydrogen-bond acceptors (Lipinski definition) is 13. The minimum atomic E-state index is -1.97. The predicted molar refractivity (Wildman–Crippen MR) is 129 cm³/mol. The number of tetrazole rings is 2. The number of esters is 2. The van der Waals surface area contributed by atoms with Crippen LogP contribution in [0.5, 0.6) is 0 Å². The maximum atomic E-state index is 13.3. The molecule has 0 N–H and O–H groups in total. The maximum Gasteiger partial charge on any atom is 0.377 e. The van der Waals surface area contributed by atoms with Crippen LogP contribution in [0.25, 0.3) is 11.4 Å². The minimum absolute atomic E-state index is 0.0118. The van der Waals surface area contributed by atoms with Crippen molar-refractivity contribution in [1.29, 1.82) is 0 Å². The number of carbonyl (C=O) groups is 3. The summed E-state index contributed by atoms with van der Waals surface area (Å²) in [5.74, 6) is -3.10. The van der Waals surface area contributed by atoms with Crippen LogP contribution in [0.4, 0.5) is 0 Å². The summed E-state index contributed by atoms with van der Waals surface area (Å²) in [5.41, 5.74) is -0.654. The summed E-state index contributed by atoms with van der Waals surface area (Å²) < 4.78 is 13.6. The molecular formula is C22H18N8O5S2. The van der Waals surface area contributed by atoms with Crippen LogP contribution in [0.1, 0.15) is 6.92 Å². The Balaban J connectivity index is 1.49. The minimum Gasteiger partial charge on any atom is -0.463 e. The Morgan fingerprint density at radius 3 is 2.11 bits per heavy atom. The molecule has 0 spiro atoms. The Kier molecular flexibility index (Phi) is 6.96. The monoisotopic (exact) mass is 538 g/mol. The third kappa shape index (κ3) is 4.70. The number of thioether (sulfide) groups is 2. The van der Waals surface area contributed by atoms with Crippen molar-refractivity contribution in [2.24, 2.45) is 0 Å². The lowest BCUT2D eigenvalue weighted by atomic mass is 10.0. The first-order valence-electron chi connectivity index (χ1n) is 10.9. The van der Waals surface area contributed by atoms with Crippen molar-refractivity contribution in [1.82, 2.24) is 40.4 Å². The van der Waals surface area contributed by atoms with Gasteiger partial charge in [0.2, 0.25) is 15.9 Å². The van der Waals surface area contributed by atoms with E-state index in [-0.39, 0.29) is 17.5 Å². The van der Waals surface area contributed by atoms with E-state index in [1.807, 2.05) is 36.4 Å². The number of aromatic nitrogens is 8. The van der Waals surface area contributed by atoms with Crippen molar-refractivity contribution >= 4 is 41.2 Å². The second kappa shape index (κ2) is 10.5. The number of ether oxygens (including phenoxy) is 2. The molecule has 2 unspecified atom stereocenters. The lowest BCUT2D eigenvalue weighted by molar-refractivity contribution is -0.171. The topological polar surface area (TPSA) is 157 Å². The van der Waals surface area contributed by atoms with Gasteiger partial charge in [0.15, 0.2) is 0 Å². The van der Waals surface area contributed by atoms with Gasteiger partial charge in [-0.05, 0) is 52.0 Å². The van der Waals surface area contributed by atoms with Crippen LogP contribution in [-0.4, -0.2) is 81.3 Å². The first kappa shape index (κ1) is 24.6. The number of ketones is 1. The number of Topliss-reactive ketones (excluding diaryl/α,β-unsaturated/α-hetero) is 1. The zero-order chi connectivity index (χ0) is 25.8. The molecule has 2 aromatic heterocycles. The van der Waals surface area contributed by atoms with E-state index in [0.717, 1.165) is 23.5 Å². The van der Waals surface area contributed by atoms with Gasteiger partial charge in [-0.15, -0.1) is 10.2 Å². The normalized spacial score (nSPS) is 19.1. The Hall–Kier alpha value is -4.11. The van der Waals surface area contributed by atoms with Gasteiger partial charge in [-0.2, -0.15) is 9.36 Å². The summed E-state index contributed by atoms with van der Waals surface area (Å²) in [7, 11) is 0. The Bertz CT molecular complexity index is 1430. The first-order valence-corrected chi connectivity index (χ1v) is 12.8. The van der Waals surface area contributed by atoms with E-state index in [4.69, 9.17) is 9.47 Å². The molecule has 15 heteroatoms. The molecule has 1 aliphatic rings. The van der Waals surface area contributed by atoms with Crippen molar-refractivity contribution in [3.05, 3.63) is 60.7 Å². The third-order valence-electron chi connectivity index (χ3n) is 5.28. The highest BCUT2D eigenvalue weighted by molar-refractivity contribution is 8.01. The van der Waals surface area contributed by atoms with Crippen LogP contribution >= 0.6 is 23.5 Å². The molecule has 0 saturated carbocycles. The van der Waals surface area contributed by atoms with Crippen LogP contribution in [0.15, 0.2) is 71.0 Å². The summed E-state index contributed by atoms with van der Waals surface area (Å²) in [6.07, 6.45) is 0. The fraction of sp³-hybridized carbons (Fsp3) is 0.227. The smallest absolute Gasteiger partial charge is 0.377 e. The van der Waals surface area contributed by atoms with Gasteiger partial charge in [0, 0.05) is 0 Å². The number of para-hydroxylation sites is 2. The van der Waals surface area contributed by atoms with E-state index in [1.165, 1.54) is 9.36 Å². The molecule has 1 fully saturated rings. The molecule has 2 aromatic carbocycles. The second-order valence-electron chi connectivity index (χ2n) is 7.57. The van der Waals surface area contributed by atoms with Crippen LogP contribution in [0, 0.1) is 0 Å². The first-order chi connectivity index (χ1) is 18.0. The van der Waals surface area contributed by atoms with Crippen molar-refractivity contribution in [3.63, 3.8) is 0 Å². The zero-order valence-corrected chi connectivity index (χ0v) is 20.8. The molecule has 37 heavy (non-hydrogen) atoms. The van der Waals surface area contributed by atoms with E-state index in [0.29, 0.717) is 16.5 Å². The molecule has 0 radical (unpaired) electrons. The van der Waals surface area contributed by atoms with Gasteiger partial charge < -0.3 is 9.47 Å². The highest BCUT2D eigenvalue weighted by atomic mass is 32.2. The van der Waals surface area contributed by atoms with E-state index in [2.05, 4.69) is 31.1 Å². The van der Waals surface area contributed by atoms with E-state index in [9.17, 15) is 14.4 Å². The van der Waals surface area contributed by atoms with Crippen LogP contribution in [0.2, 0.25) is 0 Å². The maximum absolute atomic E-state index is 13.3. The number of nitrogens with zero attached hydrogens (tertiary/aromatic N) is 8. The Labute approximate surface area is 217 Å². The Morgan fingerprint density at radius 2 is 1.51 bits per heavy atom. The molecule has 0 bridgehead atoms. The number of hydrogen-bond donors (Lipinski definition) is 0. The second-order valence-corrected chi connectivity index (χ2v) is 9.58. The molecule has 4 aromatic rings. The van der Waals surface area contributed by atoms with Gasteiger partial charge in [-0.3, -0.25) is 4.79 Å². The SMILES string of the molecule is CCOC(=O)C1(CSc2nnnn2-c2ccccc2)OC(=O)C(=O)C1Sc1nnnn1-c1ccccc1. The summed E-state index contributed by atoms with van der Waals surface area (Å²) in [4.78, 5) is 38.8. The van der Waals surface area contributed by atoms with E-state index >= 15 is 0 Å². The fourth-order valence-corrected chi connectivity index (χ4v) is 5.87. The quantitative estimate of drug-likeness (QED) is 0.171. The summed E-state index contributed by atoms with van der Waals surface area (Å²) in [6.45, 7) is 1.63. The molecule has 2 atom stereocenters. The molecule has 0 aliphatic carbocycles. The molecular weight excluding hydrogens is 520 g/mol. The molecule has 3 heterocycles. The highest BCUT2D eigenvalue weighted by Gasteiger charge is 2.62. The zero-order valence-electron chi connectivity index (χ0n) is 19.2. The summed E-state index contributed by atoms with van der Waals surface area (Å²) >= 11 is 1.89. The molecule has 13 nitrogen and oxygen atoms in total. The van der Waals surface area contributed by atoms with E-state index in [1.54, 1.807) is 31.2 Å². The van der Waals surface area contributed by atoms with Gasteiger partial charge in [0.1, 0.15) is 5.25 Å². The largest absolute Gasteiger partial charge is 0.463 e. The molecule has 1 saturated heterocycles. The van der Waals surface area contributed by atoms with Crippen LogP contribution < -0.4 is 0 Å². The standard InChI is InChI=1S/C22H18N8O5S2/c1-2-34-19(33)22(13-36-20-23-25-27-29(20)14-9-5-3-6-10-14)17(16(31)18(32)35-22)37-21-24-26-28-30(21)15-11-7-4-8-12-15/h3-12,17H,2,13H2,1H3. The van der Waals surface area contributed by atoms with Crippen molar-refractivity contribution < 1.29 is 23.9 Å². The molecule has 0 amide bonds. The highest BCUT2D eigenvalue weighted by Crippen LogP contribution is 2.42. The fourth-order valence-electron chi connectivity index (χ4n) is 3.56. The molecule has 5 rings (SSSR count). The van der Waals surface area contributed by atoms with Gasteiger partial charge in [0.05, 0.1) is 23.7 Å². The van der Waals surface area contributed by atoms with E-state index < -0.39 is 28.6 Å². The third-order valence-corrected chi connectivity index (χ3v) is 7.66. The average Bonchev–Trinajstić information content (AvgIpc) is 3.65. The Morgan fingerprint density at radius 1 is 0.946 bits per heavy atom. The summed E-state index contributed by atoms with van der Waals surface area (Å²) in [6, 6.07) is 18.1. The number of benzene rings is 2. The molecule has 188 valence electrons. The van der Waals surface area contributed by atoms with Crippen molar-refractivity contribution in [2.45, 2.75) is 28.1 Å². The van der Waals surface area contributed by atoms with Gasteiger partial charge in [0.25, 0.3) is 5.78 Å². The lowest BCUT2D eigenvalue weighted by Crippen LogP contribution is -2.51.